The molecule has 0 radical (unpaired) electrons. The molecule has 0 atom stereocenters. The van der Waals surface area contributed by atoms with E-state index in [4.69, 9.17) is 0 Å². The summed E-state index contributed by atoms with van der Waals surface area (Å²) in [6.07, 6.45) is 9.52. The summed E-state index contributed by atoms with van der Waals surface area (Å²) in [5, 5.41) is 5.82. The van der Waals surface area contributed by atoms with Crippen molar-refractivity contribution in [2.45, 2.75) is 75.1 Å². The molecule has 0 bridgehead atoms. The molecule has 1 aliphatic carbocycles. The molecule has 2 amide bonds. The Bertz CT molecular complexity index is 845. The second kappa shape index (κ2) is 9.71. The zero-order valence-electron chi connectivity index (χ0n) is 17.1. The number of hydrogen-bond donors (Lipinski definition) is 2. The average molecular weight is 422 g/mol. The quantitative estimate of drug-likeness (QED) is 0.764. The van der Waals surface area contributed by atoms with Gasteiger partial charge in [-0.15, -0.1) is 0 Å². The van der Waals surface area contributed by atoms with Gasteiger partial charge in [-0.25, -0.2) is 8.42 Å². The van der Waals surface area contributed by atoms with Crippen molar-refractivity contribution in [2.75, 3.05) is 18.9 Å². The fraction of sp³-hybridized carbons (Fsp3) is 0.619. The molecule has 8 heteroatoms. The highest BCUT2D eigenvalue weighted by atomic mass is 32.2. The van der Waals surface area contributed by atoms with Gasteiger partial charge in [0.25, 0.3) is 0 Å². The maximum Gasteiger partial charge on any atom is 0.243 e. The minimum atomic E-state index is -3.79. The Morgan fingerprint density at radius 2 is 1.79 bits per heavy atom. The Labute approximate surface area is 173 Å². The SMILES string of the molecule is CN(CC(=O)NC1CCCCCCC1)S(=O)(=O)c1ccc2c(c1)CCCC(=O)N2. The molecule has 0 spiro atoms. The smallest absolute Gasteiger partial charge is 0.243 e. The predicted octanol–water partition coefficient (Wildman–Crippen LogP) is 2.81. The number of hydrogen-bond acceptors (Lipinski definition) is 4. The average Bonchev–Trinajstić information content (AvgIpc) is 2.83. The van der Waals surface area contributed by atoms with Crippen LogP contribution in [0.15, 0.2) is 23.1 Å². The van der Waals surface area contributed by atoms with Crippen molar-refractivity contribution >= 4 is 27.5 Å². The van der Waals surface area contributed by atoms with Gasteiger partial charge in [-0.3, -0.25) is 9.59 Å². The number of carbonyl (C=O) groups excluding carboxylic acids is 2. The number of carbonyl (C=O) groups is 2. The number of fused-ring (bicyclic) bond motifs is 1. The second-order valence-corrected chi connectivity index (χ2v) is 10.1. The van der Waals surface area contributed by atoms with E-state index in [1.165, 1.54) is 32.4 Å². The number of sulfonamides is 1. The van der Waals surface area contributed by atoms with Crippen LogP contribution in [0.4, 0.5) is 5.69 Å². The zero-order chi connectivity index (χ0) is 20.9. The normalized spacial score (nSPS) is 18.9. The van der Waals surface area contributed by atoms with Crippen molar-refractivity contribution < 1.29 is 18.0 Å². The van der Waals surface area contributed by atoms with E-state index in [0.717, 1.165) is 35.6 Å². The second-order valence-electron chi connectivity index (χ2n) is 8.09. The molecule has 1 aromatic rings. The first-order valence-corrected chi connectivity index (χ1v) is 12.0. The van der Waals surface area contributed by atoms with Crippen molar-refractivity contribution in [1.82, 2.24) is 9.62 Å². The van der Waals surface area contributed by atoms with Gasteiger partial charge in [-0.2, -0.15) is 4.31 Å². The van der Waals surface area contributed by atoms with Gasteiger partial charge < -0.3 is 10.6 Å². The van der Waals surface area contributed by atoms with Crippen LogP contribution in [0.25, 0.3) is 0 Å². The first kappa shape index (κ1) is 21.8. The number of aryl methyl sites for hydroxylation is 1. The Morgan fingerprint density at radius 3 is 2.52 bits per heavy atom. The fourth-order valence-electron chi connectivity index (χ4n) is 4.05. The predicted molar refractivity (Wildman–Crippen MR) is 112 cm³/mol. The number of nitrogens with one attached hydrogen (secondary N) is 2. The molecule has 1 heterocycles. The lowest BCUT2D eigenvalue weighted by Gasteiger charge is -2.23. The van der Waals surface area contributed by atoms with Crippen LogP contribution in [0.3, 0.4) is 0 Å². The lowest BCUT2D eigenvalue weighted by atomic mass is 9.97. The van der Waals surface area contributed by atoms with Crippen molar-refractivity contribution in [3.63, 3.8) is 0 Å². The van der Waals surface area contributed by atoms with Gasteiger partial charge in [0.15, 0.2) is 0 Å². The molecule has 7 nitrogen and oxygen atoms in total. The molecule has 1 saturated carbocycles. The molecular weight excluding hydrogens is 390 g/mol. The molecule has 29 heavy (non-hydrogen) atoms. The molecule has 2 N–H and O–H groups in total. The van der Waals surface area contributed by atoms with Crippen LogP contribution in [0, 0.1) is 0 Å². The maximum atomic E-state index is 13.0. The largest absolute Gasteiger partial charge is 0.352 e. The first-order valence-electron chi connectivity index (χ1n) is 10.5. The molecule has 1 aromatic carbocycles. The van der Waals surface area contributed by atoms with Gasteiger partial charge >= 0.3 is 0 Å². The van der Waals surface area contributed by atoms with E-state index in [9.17, 15) is 18.0 Å². The summed E-state index contributed by atoms with van der Waals surface area (Å²) in [5.74, 6) is -0.314. The van der Waals surface area contributed by atoms with E-state index in [-0.39, 0.29) is 29.3 Å². The topological polar surface area (TPSA) is 95.6 Å². The highest BCUT2D eigenvalue weighted by Gasteiger charge is 2.25. The summed E-state index contributed by atoms with van der Waals surface area (Å²) in [5.41, 5.74) is 1.47. The fourth-order valence-corrected chi connectivity index (χ4v) is 5.23. The zero-order valence-corrected chi connectivity index (χ0v) is 17.9. The van der Waals surface area contributed by atoms with Crippen LogP contribution < -0.4 is 10.6 Å². The van der Waals surface area contributed by atoms with Crippen molar-refractivity contribution in [3.05, 3.63) is 23.8 Å². The van der Waals surface area contributed by atoms with Gasteiger partial charge in [0.05, 0.1) is 11.4 Å². The third-order valence-corrected chi connectivity index (χ3v) is 7.54. The van der Waals surface area contributed by atoms with Crippen LogP contribution in [0.5, 0.6) is 0 Å². The van der Waals surface area contributed by atoms with E-state index in [2.05, 4.69) is 10.6 Å². The Balaban J connectivity index is 1.65. The summed E-state index contributed by atoms with van der Waals surface area (Å²) in [6.45, 7) is -0.202. The summed E-state index contributed by atoms with van der Waals surface area (Å²) >= 11 is 0. The van der Waals surface area contributed by atoms with Gasteiger partial charge in [0.2, 0.25) is 21.8 Å². The van der Waals surface area contributed by atoms with Crippen LogP contribution in [-0.2, 0) is 26.0 Å². The van der Waals surface area contributed by atoms with Crippen LogP contribution >= 0.6 is 0 Å². The Morgan fingerprint density at radius 1 is 1.10 bits per heavy atom. The van der Waals surface area contributed by atoms with E-state index >= 15 is 0 Å². The number of anilines is 1. The van der Waals surface area contributed by atoms with Crippen LogP contribution in [-0.4, -0.2) is 44.2 Å². The van der Waals surface area contributed by atoms with Crippen molar-refractivity contribution in [2.24, 2.45) is 0 Å². The summed E-state index contributed by atoms with van der Waals surface area (Å²) in [4.78, 5) is 24.3. The summed E-state index contributed by atoms with van der Waals surface area (Å²) < 4.78 is 27.0. The molecule has 1 aliphatic heterocycles. The van der Waals surface area contributed by atoms with Crippen molar-refractivity contribution in [3.8, 4) is 0 Å². The third kappa shape index (κ3) is 5.79. The number of rotatable bonds is 5. The molecule has 160 valence electrons. The van der Waals surface area contributed by atoms with E-state index in [1.54, 1.807) is 12.1 Å². The Hall–Kier alpha value is -1.93. The van der Waals surface area contributed by atoms with Crippen molar-refractivity contribution in [1.29, 1.82) is 0 Å². The van der Waals surface area contributed by atoms with E-state index in [1.807, 2.05) is 0 Å². The Kier molecular flexibility index (Phi) is 7.29. The molecule has 3 rings (SSSR count). The molecule has 0 saturated heterocycles. The molecule has 0 aromatic heterocycles. The van der Waals surface area contributed by atoms with Crippen LogP contribution in [0.2, 0.25) is 0 Å². The van der Waals surface area contributed by atoms with Crippen LogP contribution in [0.1, 0.15) is 63.4 Å². The number of nitrogens with zero attached hydrogens (tertiary/aromatic N) is 1. The van der Waals surface area contributed by atoms with E-state index in [0.29, 0.717) is 24.9 Å². The highest BCUT2D eigenvalue weighted by Crippen LogP contribution is 2.26. The van der Waals surface area contributed by atoms with Gasteiger partial charge in [0.1, 0.15) is 0 Å². The standard InChI is InChI=1S/C21H31N3O4S/c1-24(15-21(26)22-17-9-5-3-2-4-6-10-17)29(27,28)18-12-13-19-16(14-18)8-7-11-20(25)23-19/h12-14,17H,2-11,15H2,1H3,(H,22,26)(H,23,25). The minimum Gasteiger partial charge on any atom is -0.352 e. The lowest BCUT2D eigenvalue weighted by molar-refractivity contribution is -0.122. The molecule has 0 unspecified atom stereocenters. The highest BCUT2D eigenvalue weighted by molar-refractivity contribution is 7.89. The van der Waals surface area contributed by atoms with Gasteiger partial charge in [0, 0.05) is 25.2 Å². The number of benzene rings is 1. The molecule has 1 fully saturated rings. The van der Waals surface area contributed by atoms with Gasteiger partial charge in [-0.05, 0) is 49.4 Å². The summed E-state index contributed by atoms with van der Waals surface area (Å²) in [6, 6.07) is 4.87. The number of amides is 2. The first-order chi connectivity index (χ1) is 13.9. The molecular formula is C21H31N3O4S. The molecule has 2 aliphatic rings. The van der Waals surface area contributed by atoms with E-state index < -0.39 is 10.0 Å². The monoisotopic (exact) mass is 421 g/mol. The van der Waals surface area contributed by atoms with Gasteiger partial charge in [-0.1, -0.05) is 32.1 Å². The third-order valence-electron chi connectivity index (χ3n) is 5.75. The maximum absolute atomic E-state index is 13.0. The lowest BCUT2D eigenvalue weighted by Crippen LogP contribution is -2.42. The minimum absolute atomic E-state index is 0.0534. The summed E-state index contributed by atoms with van der Waals surface area (Å²) in [7, 11) is -2.36. The number of likely N-dealkylation sites (N-methyl/N-ethyl adjacent to an activating group) is 1.